The molecule has 2 aromatic heterocycles. The molecule has 2 saturated carbocycles. The summed E-state index contributed by atoms with van der Waals surface area (Å²) in [6.45, 7) is 6.28. The molecule has 0 aliphatic heterocycles. The third kappa shape index (κ3) is 2.73. The maximum atomic E-state index is 12.8. The van der Waals surface area contributed by atoms with Crippen LogP contribution in [0.1, 0.15) is 74.5 Å². The van der Waals surface area contributed by atoms with E-state index in [9.17, 15) is 4.79 Å². The quantitative estimate of drug-likeness (QED) is 0.920. The molecule has 0 radical (unpaired) electrons. The standard InChI is InChI=1S/C18H24N4O/c1-10(2)22-17-15(9-19-22)14(8-16(21-17)13-6-7-13)18(23)20-11(3)12-4-5-12/h8-13H,4-7H2,1-3H3,(H,20,23). The summed E-state index contributed by atoms with van der Waals surface area (Å²) in [6.07, 6.45) is 6.59. The zero-order valence-corrected chi connectivity index (χ0v) is 14.0. The smallest absolute Gasteiger partial charge is 0.252 e. The van der Waals surface area contributed by atoms with E-state index in [0.717, 1.165) is 22.3 Å². The highest BCUT2D eigenvalue weighted by molar-refractivity contribution is 6.05. The van der Waals surface area contributed by atoms with Gasteiger partial charge in [-0.15, -0.1) is 0 Å². The van der Waals surface area contributed by atoms with Crippen molar-refractivity contribution >= 4 is 16.9 Å². The Labute approximate surface area is 136 Å². The van der Waals surface area contributed by atoms with Crippen LogP contribution in [0.4, 0.5) is 0 Å². The predicted octanol–water partition coefficient (Wildman–Crippen LogP) is 3.42. The van der Waals surface area contributed by atoms with Crippen molar-refractivity contribution in [3.8, 4) is 0 Å². The van der Waals surface area contributed by atoms with E-state index >= 15 is 0 Å². The van der Waals surface area contributed by atoms with Gasteiger partial charge in [-0.2, -0.15) is 5.10 Å². The second kappa shape index (κ2) is 5.32. The Bertz CT molecular complexity index is 756. The number of amides is 1. The average molecular weight is 312 g/mol. The summed E-state index contributed by atoms with van der Waals surface area (Å²) in [6, 6.07) is 2.47. The second-order valence-corrected chi connectivity index (χ2v) is 7.39. The molecule has 0 saturated heterocycles. The highest BCUT2D eigenvalue weighted by Gasteiger charge is 2.31. The first-order chi connectivity index (χ1) is 11.0. The highest BCUT2D eigenvalue weighted by Crippen LogP contribution is 2.40. The normalized spacial score (nSPS) is 19.3. The Morgan fingerprint density at radius 2 is 2.00 bits per heavy atom. The van der Waals surface area contributed by atoms with Gasteiger partial charge in [0.2, 0.25) is 0 Å². The zero-order chi connectivity index (χ0) is 16.1. The molecule has 0 spiro atoms. The summed E-state index contributed by atoms with van der Waals surface area (Å²) in [5.74, 6) is 1.18. The van der Waals surface area contributed by atoms with E-state index in [-0.39, 0.29) is 18.0 Å². The lowest BCUT2D eigenvalue weighted by Crippen LogP contribution is -2.34. The maximum absolute atomic E-state index is 12.8. The largest absolute Gasteiger partial charge is 0.349 e. The predicted molar refractivity (Wildman–Crippen MR) is 89.5 cm³/mol. The van der Waals surface area contributed by atoms with Crippen molar-refractivity contribution in [1.29, 1.82) is 0 Å². The monoisotopic (exact) mass is 312 g/mol. The van der Waals surface area contributed by atoms with E-state index in [2.05, 4.69) is 31.2 Å². The van der Waals surface area contributed by atoms with Crippen LogP contribution in [-0.4, -0.2) is 26.7 Å². The number of carbonyl (C=O) groups is 1. The van der Waals surface area contributed by atoms with E-state index in [1.807, 2.05) is 10.7 Å². The number of carbonyl (C=O) groups excluding carboxylic acids is 1. The highest BCUT2D eigenvalue weighted by atomic mass is 16.1. The van der Waals surface area contributed by atoms with Gasteiger partial charge in [0.1, 0.15) is 0 Å². The van der Waals surface area contributed by atoms with Crippen molar-refractivity contribution in [2.45, 2.75) is 64.5 Å². The van der Waals surface area contributed by atoms with Crippen molar-refractivity contribution < 1.29 is 4.79 Å². The first-order valence-corrected chi connectivity index (χ1v) is 8.73. The molecule has 1 amide bonds. The summed E-state index contributed by atoms with van der Waals surface area (Å²) >= 11 is 0. The molecule has 0 aromatic carbocycles. The molecule has 2 aliphatic rings. The van der Waals surface area contributed by atoms with E-state index < -0.39 is 0 Å². The number of rotatable bonds is 5. The van der Waals surface area contributed by atoms with Crippen molar-refractivity contribution in [2.75, 3.05) is 0 Å². The lowest BCUT2D eigenvalue weighted by atomic mass is 10.1. The number of pyridine rings is 1. The Balaban J connectivity index is 1.75. The molecular weight excluding hydrogens is 288 g/mol. The van der Waals surface area contributed by atoms with Crippen LogP contribution in [0, 0.1) is 5.92 Å². The van der Waals surface area contributed by atoms with Crippen LogP contribution in [0.25, 0.3) is 11.0 Å². The Kier molecular flexibility index (Phi) is 3.39. The zero-order valence-electron chi connectivity index (χ0n) is 14.0. The van der Waals surface area contributed by atoms with Gasteiger partial charge in [-0.1, -0.05) is 0 Å². The summed E-state index contributed by atoms with van der Waals surface area (Å²) in [4.78, 5) is 17.6. The van der Waals surface area contributed by atoms with Gasteiger partial charge >= 0.3 is 0 Å². The molecular formula is C18H24N4O. The molecule has 2 fully saturated rings. The molecule has 2 aromatic rings. The van der Waals surface area contributed by atoms with Crippen LogP contribution in [-0.2, 0) is 0 Å². The van der Waals surface area contributed by atoms with Gasteiger partial charge in [-0.25, -0.2) is 9.67 Å². The molecule has 1 N–H and O–H groups in total. The first kappa shape index (κ1) is 14.7. The van der Waals surface area contributed by atoms with Gasteiger partial charge in [0, 0.05) is 23.7 Å². The summed E-state index contributed by atoms with van der Waals surface area (Å²) < 4.78 is 1.92. The third-order valence-electron chi connectivity index (χ3n) is 5.00. The Hall–Kier alpha value is -1.91. The topological polar surface area (TPSA) is 59.8 Å². The molecule has 5 nitrogen and oxygen atoms in total. The lowest BCUT2D eigenvalue weighted by Gasteiger charge is -2.14. The van der Waals surface area contributed by atoms with Crippen LogP contribution in [0.2, 0.25) is 0 Å². The molecule has 5 heteroatoms. The summed E-state index contributed by atoms with van der Waals surface area (Å²) in [7, 11) is 0. The van der Waals surface area contributed by atoms with Gasteiger partial charge in [-0.3, -0.25) is 4.79 Å². The summed E-state index contributed by atoms with van der Waals surface area (Å²) in [5, 5.41) is 8.50. The van der Waals surface area contributed by atoms with Crippen molar-refractivity contribution in [3.63, 3.8) is 0 Å². The maximum Gasteiger partial charge on any atom is 0.252 e. The number of hydrogen-bond donors (Lipinski definition) is 1. The van der Waals surface area contributed by atoms with E-state index in [0.29, 0.717) is 11.8 Å². The molecule has 1 unspecified atom stereocenters. The first-order valence-electron chi connectivity index (χ1n) is 8.73. The van der Waals surface area contributed by atoms with Crippen molar-refractivity contribution in [3.05, 3.63) is 23.5 Å². The lowest BCUT2D eigenvalue weighted by molar-refractivity contribution is 0.0937. The third-order valence-corrected chi connectivity index (χ3v) is 5.00. The van der Waals surface area contributed by atoms with Crippen LogP contribution < -0.4 is 5.32 Å². The molecule has 1 atom stereocenters. The van der Waals surface area contributed by atoms with Crippen LogP contribution in [0.5, 0.6) is 0 Å². The van der Waals surface area contributed by atoms with Crippen molar-refractivity contribution in [2.24, 2.45) is 5.92 Å². The number of hydrogen-bond acceptors (Lipinski definition) is 3. The number of nitrogens with one attached hydrogen (secondary N) is 1. The van der Waals surface area contributed by atoms with Gasteiger partial charge < -0.3 is 5.32 Å². The number of aromatic nitrogens is 3. The minimum atomic E-state index is 0.0157. The van der Waals surface area contributed by atoms with E-state index in [1.165, 1.54) is 25.7 Å². The fourth-order valence-corrected chi connectivity index (χ4v) is 3.19. The minimum Gasteiger partial charge on any atom is -0.349 e. The average Bonchev–Trinajstić information content (AvgIpc) is 3.41. The molecule has 23 heavy (non-hydrogen) atoms. The number of nitrogens with zero attached hydrogens (tertiary/aromatic N) is 3. The van der Waals surface area contributed by atoms with Crippen LogP contribution in [0.15, 0.2) is 12.3 Å². The van der Waals surface area contributed by atoms with E-state index in [4.69, 9.17) is 4.98 Å². The SMILES string of the molecule is CC(NC(=O)c1cc(C2CC2)nc2c1cnn2C(C)C)C1CC1. The van der Waals surface area contributed by atoms with Gasteiger partial charge in [-0.05, 0) is 58.4 Å². The Morgan fingerprint density at radius 3 is 2.61 bits per heavy atom. The van der Waals surface area contributed by atoms with Crippen molar-refractivity contribution in [1.82, 2.24) is 20.1 Å². The summed E-state index contributed by atoms with van der Waals surface area (Å²) in [5.41, 5.74) is 2.62. The van der Waals surface area contributed by atoms with Crippen LogP contribution >= 0.6 is 0 Å². The van der Waals surface area contributed by atoms with Gasteiger partial charge in [0.05, 0.1) is 17.1 Å². The molecule has 2 heterocycles. The van der Waals surface area contributed by atoms with Gasteiger partial charge in [0.25, 0.3) is 5.91 Å². The second-order valence-electron chi connectivity index (χ2n) is 7.39. The fourth-order valence-electron chi connectivity index (χ4n) is 3.19. The molecule has 122 valence electrons. The van der Waals surface area contributed by atoms with Crippen LogP contribution in [0.3, 0.4) is 0 Å². The molecule has 2 aliphatic carbocycles. The van der Waals surface area contributed by atoms with Gasteiger partial charge in [0.15, 0.2) is 5.65 Å². The van der Waals surface area contributed by atoms with E-state index in [1.54, 1.807) is 6.20 Å². The minimum absolute atomic E-state index is 0.0157. The molecule has 4 rings (SSSR count). The number of fused-ring (bicyclic) bond motifs is 1. The molecule has 0 bridgehead atoms. The fraction of sp³-hybridized carbons (Fsp3) is 0.611. The Morgan fingerprint density at radius 1 is 1.26 bits per heavy atom.